The van der Waals surface area contributed by atoms with Crippen molar-refractivity contribution < 1.29 is 9.72 Å². The average Bonchev–Trinajstić information content (AvgIpc) is 2.62. The molecule has 0 fully saturated rings. The van der Waals surface area contributed by atoms with Gasteiger partial charge >= 0.3 is 0 Å². The van der Waals surface area contributed by atoms with E-state index in [-0.39, 0.29) is 22.8 Å². The topological polar surface area (TPSA) is 106 Å². The van der Waals surface area contributed by atoms with Crippen LogP contribution in [0.25, 0.3) is 5.69 Å². The fourth-order valence-corrected chi connectivity index (χ4v) is 3.00. The van der Waals surface area contributed by atoms with Gasteiger partial charge in [0.1, 0.15) is 5.69 Å². The SMILES string of the molecule is CC(=O)Nc1cc(Nc2ccc(Br)cc2[N+](=O)[O-])cc(-n2ccccc2=O)c1. The largest absolute Gasteiger partial charge is 0.350 e. The average molecular weight is 443 g/mol. The normalized spacial score (nSPS) is 10.4. The molecule has 9 heteroatoms. The maximum atomic E-state index is 12.2. The van der Waals surface area contributed by atoms with Crippen LogP contribution in [0.4, 0.5) is 22.7 Å². The first-order chi connectivity index (χ1) is 13.3. The van der Waals surface area contributed by atoms with Crippen LogP contribution in [-0.2, 0) is 4.79 Å². The molecule has 1 amide bonds. The molecule has 8 nitrogen and oxygen atoms in total. The number of rotatable bonds is 5. The molecular formula is C19H15BrN4O4. The minimum atomic E-state index is -0.493. The third kappa shape index (κ3) is 4.44. The van der Waals surface area contributed by atoms with Crippen molar-refractivity contribution in [3.8, 4) is 5.69 Å². The van der Waals surface area contributed by atoms with Crippen LogP contribution in [0, 0.1) is 10.1 Å². The monoisotopic (exact) mass is 442 g/mol. The maximum Gasteiger partial charge on any atom is 0.293 e. The Morgan fingerprint density at radius 3 is 2.54 bits per heavy atom. The van der Waals surface area contributed by atoms with Gasteiger partial charge < -0.3 is 10.6 Å². The standard InChI is InChI=1S/C19H15BrN4O4/c1-12(25)21-14-9-15(11-16(10-14)23-7-3-2-4-19(23)26)22-17-6-5-13(20)8-18(17)24(27)28/h2-11,22H,1H3,(H,21,25). The molecule has 0 aliphatic carbocycles. The Morgan fingerprint density at radius 1 is 1.11 bits per heavy atom. The Bertz CT molecular complexity index is 1130. The number of aromatic nitrogens is 1. The highest BCUT2D eigenvalue weighted by atomic mass is 79.9. The molecule has 3 aromatic rings. The summed E-state index contributed by atoms with van der Waals surface area (Å²) in [5, 5.41) is 17.0. The molecule has 0 atom stereocenters. The van der Waals surface area contributed by atoms with E-state index in [4.69, 9.17) is 0 Å². The van der Waals surface area contributed by atoms with Crippen molar-refractivity contribution in [2.75, 3.05) is 10.6 Å². The second-order valence-electron chi connectivity index (χ2n) is 5.90. The molecular weight excluding hydrogens is 428 g/mol. The van der Waals surface area contributed by atoms with E-state index in [0.717, 1.165) is 0 Å². The number of nitro benzene ring substituents is 1. The summed E-state index contributed by atoms with van der Waals surface area (Å²) in [6.45, 7) is 1.37. The third-order valence-electron chi connectivity index (χ3n) is 3.77. The van der Waals surface area contributed by atoms with Gasteiger partial charge in [0.25, 0.3) is 11.2 Å². The number of hydrogen-bond acceptors (Lipinski definition) is 5. The van der Waals surface area contributed by atoms with Gasteiger partial charge in [-0.25, -0.2) is 0 Å². The number of pyridine rings is 1. The molecule has 0 radical (unpaired) electrons. The quantitative estimate of drug-likeness (QED) is 0.454. The Morgan fingerprint density at radius 2 is 1.86 bits per heavy atom. The molecule has 2 N–H and O–H groups in total. The lowest BCUT2D eigenvalue weighted by Gasteiger charge is -2.13. The van der Waals surface area contributed by atoms with Gasteiger partial charge in [0, 0.05) is 41.1 Å². The van der Waals surface area contributed by atoms with Gasteiger partial charge in [0.15, 0.2) is 0 Å². The molecule has 0 unspecified atom stereocenters. The molecule has 1 heterocycles. The summed E-state index contributed by atoms with van der Waals surface area (Å²) in [5.41, 5.74) is 1.34. The molecule has 2 aromatic carbocycles. The van der Waals surface area contributed by atoms with E-state index in [1.165, 1.54) is 23.6 Å². The van der Waals surface area contributed by atoms with Crippen molar-refractivity contribution >= 4 is 44.6 Å². The molecule has 0 saturated heterocycles. The highest BCUT2D eigenvalue weighted by Crippen LogP contribution is 2.32. The van der Waals surface area contributed by atoms with E-state index in [9.17, 15) is 19.7 Å². The summed E-state index contributed by atoms with van der Waals surface area (Å²) in [4.78, 5) is 34.5. The molecule has 0 aliphatic heterocycles. The first-order valence-corrected chi connectivity index (χ1v) is 8.94. The molecule has 142 valence electrons. The number of halogens is 1. The van der Waals surface area contributed by atoms with Gasteiger partial charge in [0.2, 0.25) is 5.91 Å². The van der Waals surface area contributed by atoms with E-state index in [1.54, 1.807) is 48.7 Å². The van der Waals surface area contributed by atoms with Crippen LogP contribution in [0.1, 0.15) is 6.92 Å². The fourth-order valence-electron chi connectivity index (χ4n) is 2.66. The van der Waals surface area contributed by atoms with E-state index in [2.05, 4.69) is 26.6 Å². The molecule has 28 heavy (non-hydrogen) atoms. The van der Waals surface area contributed by atoms with Crippen LogP contribution in [0.2, 0.25) is 0 Å². The number of carbonyl (C=O) groups is 1. The number of nitro groups is 1. The summed E-state index contributed by atoms with van der Waals surface area (Å²) < 4.78 is 1.99. The predicted octanol–water partition coefficient (Wildman–Crippen LogP) is 4.21. The zero-order valence-corrected chi connectivity index (χ0v) is 16.3. The minimum absolute atomic E-state index is 0.113. The zero-order valence-electron chi connectivity index (χ0n) is 14.7. The van der Waals surface area contributed by atoms with E-state index in [0.29, 0.717) is 21.5 Å². The summed E-state index contributed by atoms with van der Waals surface area (Å²) in [6.07, 6.45) is 1.60. The van der Waals surface area contributed by atoms with E-state index in [1.807, 2.05) is 0 Å². The molecule has 0 saturated carbocycles. The van der Waals surface area contributed by atoms with E-state index >= 15 is 0 Å². The van der Waals surface area contributed by atoms with Gasteiger partial charge in [-0.2, -0.15) is 0 Å². The third-order valence-corrected chi connectivity index (χ3v) is 4.27. The first kappa shape index (κ1) is 19.3. The van der Waals surface area contributed by atoms with E-state index < -0.39 is 4.92 Å². The highest BCUT2D eigenvalue weighted by molar-refractivity contribution is 9.10. The van der Waals surface area contributed by atoms with Crippen molar-refractivity contribution in [1.82, 2.24) is 4.57 Å². The highest BCUT2D eigenvalue weighted by Gasteiger charge is 2.15. The molecule has 0 spiro atoms. The lowest BCUT2D eigenvalue weighted by molar-refractivity contribution is -0.384. The number of carbonyl (C=O) groups excluding carboxylic acids is 1. The number of nitrogens with one attached hydrogen (secondary N) is 2. The number of hydrogen-bond donors (Lipinski definition) is 2. The van der Waals surface area contributed by atoms with Crippen molar-refractivity contribution in [1.29, 1.82) is 0 Å². The Balaban J connectivity index is 2.10. The second-order valence-corrected chi connectivity index (χ2v) is 6.82. The number of amides is 1. The molecule has 1 aromatic heterocycles. The van der Waals surface area contributed by atoms with Gasteiger partial charge in [-0.3, -0.25) is 24.3 Å². The van der Waals surface area contributed by atoms with Gasteiger partial charge in [0.05, 0.1) is 10.6 Å². The van der Waals surface area contributed by atoms with Crippen LogP contribution in [0.15, 0.2) is 70.1 Å². The molecule has 0 bridgehead atoms. The lowest BCUT2D eigenvalue weighted by Crippen LogP contribution is -2.16. The van der Waals surface area contributed by atoms with Crippen LogP contribution in [0.5, 0.6) is 0 Å². The first-order valence-electron chi connectivity index (χ1n) is 8.15. The Kier molecular flexibility index (Phi) is 5.55. The van der Waals surface area contributed by atoms with Crippen LogP contribution in [0.3, 0.4) is 0 Å². The van der Waals surface area contributed by atoms with Crippen molar-refractivity contribution in [2.45, 2.75) is 6.92 Å². The second kappa shape index (κ2) is 8.05. The molecule has 3 rings (SSSR count). The van der Waals surface area contributed by atoms with Crippen LogP contribution in [-0.4, -0.2) is 15.4 Å². The maximum absolute atomic E-state index is 12.2. The van der Waals surface area contributed by atoms with Crippen LogP contribution >= 0.6 is 15.9 Å². The predicted molar refractivity (Wildman–Crippen MR) is 110 cm³/mol. The van der Waals surface area contributed by atoms with Gasteiger partial charge in [-0.15, -0.1) is 0 Å². The lowest BCUT2D eigenvalue weighted by atomic mass is 10.2. The summed E-state index contributed by atoms with van der Waals surface area (Å²) in [7, 11) is 0. The summed E-state index contributed by atoms with van der Waals surface area (Å²) in [6, 6.07) is 14.3. The van der Waals surface area contributed by atoms with Crippen LogP contribution < -0.4 is 16.2 Å². The Labute approximate surface area is 168 Å². The van der Waals surface area contributed by atoms with Crippen molar-refractivity contribution in [3.63, 3.8) is 0 Å². The minimum Gasteiger partial charge on any atom is -0.350 e. The zero-order chi connectivity index (χ0) is 20.3. The van der Waals surface area contributed by atoms with Gasteiger partial charge in [-0.1, -0.05) is 22.0 Å². The van der Waals surface area contributed by atoms with Crippen molar-refractivity contribution in [2.24, 2.45) is 0 Å². The number of nitrogens with zero attached hydrogens (tertiary/aromatic N) is 2. The molecule has 0 aliphatic rings. The number of anilines is 3. The van der Waals surface area contributed by atoms with Crippen molar-refractivity contribution in [3.05, 3.63) is 85.7 Å². The summed E-state index contributed by atoms with van der Waals surface area (Å²) >= 11 is 3.22. The smallest absolute Gasteiger partial charge is 0.293 e. The fraction of sp³-hybridized carbons (Fsp3) is 0.0526. The Hall–Kier alpha value is -3.46. The number of benzene rings is 2. The van der Waals surface area contributed by atoms with Gasteiger partial charge in [-0.05, 0) is 36.4 Å². The summed E-state index contributed by atoms with van der Waals surface area (Å²) in [5.74, 6) is -0.280.